The molecule has 5 nitrogen and oxygen atoms in total. The Labute approximate surface area is 97.7 Å². The van der Waals surface area contributed by atoms with E-state index in [1.54, 1.807) is 0 Å². The van der Waals surface area contributed by atoms with E-state index in [-0.39, 0.29) is 12.3 Å². The summed E-state index contributed by atoms with van der Waals surface area (Å²) in [6.07, 6.45) is 0. The number of H-pyrrole nitrogens is 1. The molecule has 2 heterocycles. The molecule has 1 aliphatic heterocycles. The summed E-state index contributed by atoms with van der Waals surface area (Å²) in [6.45, 7) is 2.25. The number of hydrogen-bond donors (Lipinski definition) is 3. The third-order valence-corrected chi connectivity index (χ3v) is 2.82. The Kier molecular flexibility index (Phi) is 1.95. The van der Waals surface area contributed by atoms with Gasteiger partial charge in [0.2, 0.25) is 0 Å². The number of fused-ring (bicyclic) bond motifs is 1. The van der Waals surface area contributed by atoms with Crippen LogP contribution in [0.2, 0.25) is 0 Å². The SMILES string of the molecule is Cc1ccc2nc(C3=C(O)CN=C3N)[nH]c2c1. The van der Waals surface area contributed by atoms with Crippen LogP contribution in [0, 0.1) is 6.92 Å². The highest BCUT2D eigenvalue weighted by Crippen LogP contribution is 2.23. The topological polar surface area (TPSA) is 87.3 Å². The number of aromatic nitrogens is 2. The van der Waals surface area contributed by atoms with Crippen LogP contribution in [0.3, 0.4) is 0 Å². The van der Waals surface area contributed by atoms with Crippen molar-refractivity contribution in [1.82, 2.24) is 9.97 Å². The van der Waals surface area contributed by atoms with Crippen LogP contribution < -0.4 is 5.73 Å². The van der Waals surface area contributed by atoms with Crippen molar-refractivity contribution in [3.63, 3.8) is 0 Å². The van der Waals surface area contributed by atoms with E-state index in [9.17, 15) is 5.11 Å². The molecular weight excluding hydrogens is 216 g/mol. The Morgan fingerprint density at radius 1 is 1.41 bits per heavy atom. The van der Waals surface area contributed by atoms with Crippen LogP contribution in [-0.4, -0.2) is 27.5 Å². The maximum atomic E-state index is 9.72. The molecule has 0 atom stereocenters. The van der Waals surface area contributed by atoms with E-state index >= 15 is 0 Å². The molecule has 0 amide bonds. The second kappa shape index (κ2) is 3.35. The maximum Gasteiger partial charge on any atom is 0.145 e. The molecule has 0 saturated heterocycles. The number of aromatic amines is 1. The first-order valence-electron chi connectivity index (χ1n) is 5.34. The molecule has 5 heteroatoms. The van der Waals surface area contributed by atoms with Gasteiger partial charge in [-0.25, -0.2) is 4.98 Å². The second-order valence-electron chi connectivity index (χ2n) is 4.13. The molecule has 17 heavy (non-hydrogen) atoms. The summed E-state index contributed by atoms with van der Waals surface area (Å²) in [4.78, 5) is 11.5. The number of amidine groups is 1. The van der Waals surface area contributed by atoms with Gasteiger partial charge in [-0.05, 0) is 24.6 Å². The molecule has 3 rings (SSSR count). The maximum absolute atomic E-state index is 9.72. The lowest BCUT2D eigenvalue weighted by Crippen LogP contribution is -2.12. The van der Waals surface area contributed by atoms with Crippen LogP contribution >= 0.6 is 0 Å². The minimum absolute atomic E-state index is 0.165. The minimum atomic E-state index is 0.165. The third kappa shape index (κ3) is 1.47. The van der Waals surface area contributed by atoms with E-state index in [2.05, 4.69) is 15.0 Å². The number of nitrogens with zero attached hydrogens (tertiary/aromatic N) is 2. The average Bonchev–Trinajstić information content (AvgIpc) is 2.81. The molecule has 1 aromatic carbocycles. The quantitative estimate of drug-likeness (QED) is 0.691. The van der Waals surface area contributed by atoms with Crippen LogP contribution in [0.25, 0.3) is 16.6 Å². The van der Waals surface area contributed by atoms with Crippen LogP contribution in [0.15, 0.2) is 29.0 Å². The van der Waals surface area contributed by atoms with Crippen molar-refractivity contribution in [2.75, 3.05) is 6.54 Å². The van der Waals surface area contributed by atoms with Gasteiger partial charge in [-0.1, -0.05) is 6.07 Å². The Morgan fingerprint density at radius 3 is 2.94 bits per heavy atom. The van der Waals surface area contributed by atoms with E-state index < -0.39 is 0 Å². The van der Waals surface area contributed by atoms with Gasteiger partial charge >= 0.3 is 0 Å². The fourth-order valence-electron chi connectivity index (χ4n) is 1.97. The first-order valence-corrected chi connectivity index (χ1v) is 5.34. The van der Waals surface area contributed by atoms with Gasteiger partial charge in [0, 0.05) is 0 Å². The summed E-state index contributed by atoms with van der Waals surface area (Å²) >= 11 is 0. The number of benzene rings is 1. The lowest BCUT2D eigenvalue weighted by molar-refractivity contribution is 0.410. The van der Waals surface area contributed by atoms with Gasteiger partial charge in [-0.15, -0.1) is 0 Å². The first kappa shape index (κ1) is 9.89. The van der Waals surface area contributed by atoms with Crippen molar-refractivity contribution in [1.29, 1.82) is 0 Å². The zero-order valence-corrected chi connectivity index (χ0v) is 9.36. The van der Waals surface area contributed by atoms with Crippen LogP contribution in [0.4, 0.5) is 0 Å². The number of aliphatic imine (C=N–C) groups is 1. The van der Waals surface area contributed by atoms with E-state index in [1.807, 2.05) is 25.1 Å². The zero-order chi connectivity index (χ0) is 12.0. The molecule has 0 aliphatic carbocycles. The highest BCUT2D eigenvalue weighted by atomic mass is 16.3. The lowest BCUT2D eigenvalue weighted by Gasteiger charge is -1.97. The summed E-state index contributed by atoms with van der Waals surface area (Å²) in [5, 5.41) is 9.72. The van der Waals surface area contributed by atoms with Gasteiger partial charge in [0.15, 0.2) is 0 Å². The number of nitrogens with one attached hydrogen (secondary N) is 1. The Hall–Kier alpha value is -2.30. The molecular formula is C12H12N4O. The number of aliphatic hydroxyl groups is 1. The third-order valence-electron chi connectivity index (χ3n) is 2.82. The fourth-order valence-corrected chi connectivity index (χ4v) is 1.97. The Bertz CT molecular complexity index is 666. The van der Waals surface area contributed by atoms with Crippen molar-refractivity contribution >= 4 is 22.4 Å². The van der Waals surface area contributed by atoms with Crippen LogP contribution in [0.1, 0.15) is 11.4 Å². The Morgan fingerprint density at radius 2 is 2.24 bits per heavy atom. The molecule has 1 aliphatic rings. The summed E-state index contributed by atoms with van der Waals surface area (Å²) in [7, 11) is 0. The monoisotopic (exact) mass is 228 g/mol. The summed E-state index contributed by atoms with van der Waals surface area (Å²) in [5.74, 6) is 1.07. The van der Waals surface area contributed by atoms with Crippen molar-refractivity contribution in [3.8, 4) is 0 Å². The number of nitrogens with two attached hydrogens (primary N) is 1. The van der Waals surface area contributed by atoms with Crippen molar-refractivity contribution < 1.29 is 5.11 Å². The van der Waals surface area contributed by atoms with Gasteiger partial charge in [0.1, 0.15) is 17.4 Å². The van der Waals surface area contributed by atoms with E-state index in [1.165, 1.54) is 0 Å². The molecule has 4 N–H and O–H groups in total. The number of rotatable bonds is 1. The molecule has 2 aromatic rings. The smallest absolute Gasteiger partial charge is 0.145 e. The fraction of sp³-hybridized carbons (Fsp3) is 0.167. The summed E-state index contributed by atoms with van der Waals surface area (Å²) in [5.41, 5.74) is 9.17. The molecule has 0 unspecified atom stereocenters. The first-order chi connectivity index (χ1) is 8.15. The van der Waals surface area contributed by atoms with Crippen molar-refractivity contribution in [3.05, 3.63) is 35.3 Å². The molecule has 86 valence electrons. The Balaban J connectivity index is 2.19. The zero-order valence-electron chi connectivity index (χ0n) is 9.36. The van der Waals surface area contributed by atoms with Crippen molar-refractivity contribution in [2.45, 2.75) is 6.92 Å². The van der Waals surface area contributed by atoms with Crippen LogP contribution in [-0.2, 0) is 0 Å². The van der Waals surface area contributed by atoms with Gasteiger partial charge in [0.05, 0.1) is 23.2 Å². The molecule has 0 fully saturated rings. The van der Waals surface area contributed by atoms with E-state index in [4.69, 9.17) is 5.73 Å². The highest BCUT2D eigenvalue weighted by Gasteiger charge is 2.21. The summed E-state index contributed by atoms with van der Waals surface area (Å²) in [6, 6.07) is 5.93. The van der Waals surface area contributed by atoms with E-state index in [0.29, 0.717) is 17.2 Å². The predicted octanol–water partition coefficient (Wildman–Crippen LogP) is 1.51. The van der Waals surface area contributed by atoms with Gasteiger partial charge in [-0.3, -0.25) is 4.99 Å². The molecule has 0 saturated carbocycles. The number of aliphatic hydroxyl groups excluding tert-OH is 1. The normalized spacial score (nSPS) is 15.7. The minimum Gasteiger partial charge on any atom is -0.509 e. The lowest BCUT2D eigenvalue weighted by atomic mass is 10.2. The molecule has 0 radical (unpaired) electrons. The average molecular weight is 228 g/mol. The molecule has 1 aromatic heterocycles. The predicted molar refractivity (Wildman–Crippen MR) is 66.9 cm³/mol. The molecule has 0 bridgehead atoms. The highest BCUT2D eigenvalue weighted by molar-refractivity contribution is 6.23. The van der Waals surface area contributed by atoms with Crippen LogP contribution in [0.5, 0.6) is 0 Å². The number of hydrogen-bond acceptors (Lipinski definition) is 4. The van der Waals surface area contributed by atoms with Gasteiger partial charge in [-0.2, -0.15) is 0 Å². The second-order valence-corrected chi connectivity index (χ2v) is 4.13. The van der Waals surface area contributed by atoms with Gasteiger partial charge in [0.25, 0.3) is 0 Å². The van der Waals surface area contributed by atoms with Crippen molar-refractivity contribution in [2.24, 2.45) is 10.7 Å². The summed E-state index contributed by atoms with van der Waals surface area (Å²) < 4.78 is 0. The largest absolute Gasteiger partial charge is 0.509 e. The van der Waals surface area contributed by atoms with E-state index in [0.717, 1.165) is 16.6 Å². The van der Waals surface area contributed by atoms with Gasteiger partial charge < -0.3 is 15.8 Å². The number of aryl methyl sites for hydroxylation is 1. The molecule has 0 spiro atoms. The number of imidazole rings is 1. The standard InChI is InChI=1S/C12H12N4O/c1-6-2-3-7-8(4-6)16-12(15-7)10-9(17)5-14-11(10)13/h2-4,17H,5H2,1H3,(H2,13,14)(H,15,16).